The Morgan fingerprint density at radius 1 is 1.00 bits per heavy atom. The fraction of sp³-hybridized carbons (Fsp3) is 0.467. The normalized spacial score (nSPS) is 15.4. The molecule has 1 radical (unpaired) electrons. The van der Waals surface area contributed by atoms with Gasteiger partial charge in [0.1, 0.15) is 5.75 Å². The van der Waals surface area contributed by atoms with Crippen LogP contribution in [-0.4, -0.2) is 41.1 Å². The Balaban J connectivity index is 2.36. The van der Waals surface area contributed by atoms with E-state index in [4.69, 9.17) is 4.74 Å². The summed E-state index contributed by atoms with van der Waals surface area (Å²) in [5.41, 5.74) is 5.22. The van der Waals surface area contributed by atoms with Crippen LogP contribution >= 0.6 is 0 Å². The summed E-state index contributed by atoms with van der Waals surface area (Å²) in [6.45, 7) is 7.71. The number of rotatable bonds is 4. The summed E-state index contributed by atoms with van der Waals surface area (Å²) in [5.74, 6) is 1.30. The molecule has 1 aromatic carbocycles. The minimum Gasteiger partial charge on any atom is -0.497 e. The van der Waals surface area contributed by atoms with Crippen LogP contribution in [-0.2, 0) is 0 Å². The molecule has 0 N–H and O–H groups in total. The lowest BCUT2D eigenvalue weighted by Crippen LogP contribution is -2.56. The van der Waals surface area contributed by atoms with Gasteiger partial charge < -0.3 is 4.74 Å². The number of amides is 2. The number of benzene rings is 1. The van der Waals surface area contributed by atoms with E-state index in [2.05, 4.69) is 10.5 Å². The lowest BCUT2D eigenvalue weighted by molar-refractivity contribution is 0.104. The lowest BCUT2D eigenvalue weighted by Gasteiger charge is -2.35. The van der Waals surface area contributed by atoms with Gasteiger partial charge in [-0.1, -0.05) is 0 Å². The third-order valence-electron chi connectivity index (χ3n) is 3.12. The number of carbonyl (C=O) groups is 1. The molecule has 6 heteroatoms. The van der Waals surface area contributed by atoms with Crippen molar-refractivity contribution < 1.29 is 9.53 Å². The van der Waals surface area contributed by atoms with Crippen molar-refractivity contribution in [2.24, 2.45) is 5.10 Å². The molecular formula is C15H21N4O2. The van der Waals surface area contributed by atoms with Crippen molar-refractivity contribution in [2.45, 2.75) is 39.8 Å². The van der Waals surface area contributed by atoms with E-state index >= 15 is 0 Å². The standard InChI is InChI=1S/C15H21N4O2/c1-10(2)18-15(20)19(11(3)4)17-14(16-18)12-6-8-13(21-5)9-7-12/h6-11H,1-5H3. The molecule has 1 aliphatic heterocycles. The molecular weight excluding hydrogens is 268 g/mol. The molecule has 0 atom stereocenters. The predicted molar refractivity (Wildman–Crippen MR) is 81.0 cm³/mol. The number of hydrogen-bond donors (Lipinski definition) is 0. The second-order valence-electron chi connectivity index (χ2n) is 5.41. The third-order valence-corrected chi connectivity index (χ3v) is 3.12. The van der Waals surface area contributed by atoms with Gasteiger partial charge in [0, 0.05) is 5.56 Å². The first-order valence-electron chi connectivity index (χ1n) is 7.01. The summed E-state index contributed by atoms with van der Waals surface area (Å²) < 4.78 is 5.15. The van der Waals surface area contributed by atoms with Gasteiger partial charge in [-0.15, -0.1) is 10.5 Å². The molecule has 0 spiro atoms. The Bertz CT molecular complexity index is 537. The number of methoxy groups -OCH3 is 1. The molecule has 0 aliphatic carbocycles. The Labute approximate surface area is 125 Å². The van der Waals surface area contributed by atoms with Crippen molar-refractivity contribution in [1.82, 2.24) is 15.4 Å². The number of hydrazone groups is 1. The summed E-state index contributed by atoms with van der Waals surface area (Å²) in [7, 11) is 1.62. The average molecular weight is 289 g/mol. The second-order valence-corrected chi connectivity index (χ2v) is 5.41. The van der Waals surface area contributed by atoms with Crippen molar-refractivity contribution in [3.63, 3.8) is 0 Å². The fourth-order valence-corrected chi connectivity index (χ4v) is 1.94. The van der Waals surface area contributed by atoms with Crippen molar-refractivity contribution in [3.05, 3.63) is 29.8 Å². The van der Waals surface area contributed by atoms with Gasteiger partial charge >= 0.3 is 6.03 Å². The Morgan fingerprint density at radius 3 is 2.05 bits per heavy atom. The van der Waals surface area contributed by atoms with E-state index < -0.39 is 0 Å². The van der Waals surface area contributed by atoms with Gasteiger partial charge in [0.05, 0.1) is 19.2 Å². The van der Waals surface area contributed by atoms with E-state index in [9.17, 15) is 4.79 Å². The van der Waals surface area contributed by atoms with Crippen LogP contribution in [0, 0.1) is 0 Å². The maximum atomic E-state index is 12.3. The van der Waals surface area contributed by atoms with Crippen LogP contribution in [0.3, 0.4) is 0 Å². The highest BCUT2D eigenvalue weighted by Crippen LogP contribution is 2.18. The van der Waals surface area contributed by atoms with Gasteiger partial charge in [0.25, 0.3) is 0 Å². The van der Waals surface area contributed by atoms with Gasteiger partial charge in [0.2, 0.25) is 0 Å². The largest absolute Gasteiger partial charge is 0.497 e. The van der Waals surface area contributed by atoms with Crippen LogP contribution in [0.4, 0.5) is 4.79 Å². The van der Waals surface area contributed by atoms with E-state index in [0.717, 1.165) is 11.3 Å². The summed E-state index contributed by atoms with van der Waals surface area (Å²) >= 11 is 0. The van der Waals surface area contributed by atoms with E-state index in [0.29, 0.717) is 5.84 Å². The van der Waals surface area contributed by atoms with Crippen molar-refractivity contribution in [1.29, 1.82) is 0 Å². The molecule has 1 aromatic rings. The molecule has 0 aromatic heterocycles. The summed E-state index contributed by atoms with van der Waals surface area (Å²) in [6.07, 6.45) is 0. The highest BCUT2D eigenvalue weighted by Gasteiger charge is 2.33. The number of carbonyl (C=O) groups excluding carboxylic acids is 1. The van der Waals surface area contributed by atoms with E-state index in [1.807, 2.05) is 52.0 Å². The molecule has 0 saturated heterocycles. The first-order chi connectivity index (χ1) is 9.93. The number of urea groups is 1. The number of ether oxygens (including phenoxy) is 1. The minimum atomic E-state index is -0.197. The van der Waals surface area contributed by atoms with E-state index in [1.54, 1.807) is 7.11 Å². The van der Waals surface area contributed by atoms with Crippen LogP contribution in [0.1, 0.15) is 33.3 Å². The molecule has 2 rings (SSSR count). The molecule has 21 heavy (non-hydrogen) atoms. The highest BCUT2D eigenvalue weighted by molar-refractivity contribution is 6.01. The number of amidine groups is 1. The molecule has 113 valence electrons. The summed E-state index contributed by atoms with van der Waals surface area (Å²) in [4.78, 5) is 12.3. The Hall–Kier alpha value is -2.24. The summed E-state index contributed by atoms with van der Waals surface area (Å²) in [6, 6.07) is 7.22. The maximum Gasteiger partial charge on any atom is 0.361 e. The van der Waals surface area contributed by atoms with E-state index in [1.165, 1.54) is 10.0 Å². The zero-order valence-corrected chi connectivity index (χ0v) is 13.1. The Kier molecular flexibility index (Phi) is 4.35. The van der Waals surface area contributed by atoms with Crippen molar-refractivity contribution in [2.75, 3.05) is 7.11 Å². The SMILES string of the molecule is COc1ccc(C2=NN(C(C)C)C(=O)N(C(C)C)[N]2)cc1. The topological polar surface area (TPSA) is 59.2 Å². The van der Waals surface area contributed by atoms with E-state index in [-0.39, 0.29) is 18.1 Å². The van der Waals surface area contributed by atoms with Crippen LogP contribution in [0.5, 0.6) is 5.75 Å². The molecule has 0 fully saturated rings. The van der Waals surface area contributed by atoms with Crippen molar-refractivity contribution in [3.8, 4) is 5.75 Å². The lowest BCUT2D eigenvalue weighted by atomic mass is 10.2. The van der Waals surface area contributed by atoms with Gasteiger partial charge in [-0.2, -0.15) is 0 Å². The molecule has 2 amide bonds. The molecule has 6 nitrogen and oxygen atoms in total. The van der Waals surface area contributed by atoms with Gasteiger partial charge in [-0.25, -0.2) is 14.8 Å². The zero-order valence-electron chi connectivity index (χ0n) is 13.1. The van der Waals surface area contributed by atoms with Gasteiger partial charge in [-0.05, 0) is 52.0 Å². The maximum absolute atomic E-state index is 12.3. The van der Waals surface area contributed by atoms with Crippen LogP contribution in [0.2, 0.25) is 0 Å². The monoisotopic (exact) mass is 289 g/mol. The smallest absolute Gasteiger partial charge is 0.361 e. The minimum absolute atomic E-state index is 0.0255. The number of hydrogen-bond acceptors (Lipinski definition) is 3. The average Bonchev–Trinajstić information content (AvgIpc) is 2.47. The molecule has 0 saturated carbocycles. The number of nitrogens with zero attached hydrogens (tertiary/aromatic N) is 4. The van der Waals surface area contributed by atoms with Crippen LogP contribution in [0.15, 0.2) is 29.4 Å². The summed E-state index contributed by atoms with van der Waals surface area (Å²) in [5, 5.41) is 7.30. The first-order valence-corrected chi connectivity index (χ1v) is 7.01. The zero-order chi connectivity index (χ0) is 15.6. The van der Waals surface area contributed by atoms with Gasteiger partial charge in [0.15, 0.2) is 5.84 Å². The third kappa shape index (κ3) is 3.09. The van der Waals surface area contributed by atoms with Crippen LogP contribution in [0.25, 0.3) is 0 Å². The Morgan fingerprint density at radius 2 is 1.57 bits per heavy atom. The predicted octanol–water partition coefficient (Wildman–Crippen LogP) is 2.43. The fourth-order valence-electron chi connectivity index (χ4n) is 1.94. The quantitative estimate of drug-likeness (QED) is 0.854. The highest BCUT2D eigenvalue weighted by atomic mass is 16.5. The van der Waals surface area contributed by atoms with Crippen molar-refractivity contribution >= 4 is 11.9 Å². The van der Waals surface area contributed by atoms with Crippen LogP contribution < -0.4 is 10.2 Å². The molecule has 1 aliphatic rings. The first kappa shape index (κ1) is 15.2. The molecule has 0 bridgehead atoms. The molecule has 0 unspecified atom stereocenters. The molecule has 1 heterocycles. The van der Waals surface area contributed by atoms with Gasteiger partial charge in [-0.3, -0.25) is 0 Å². The second kappa shape index (κ2) is 6.03.